The average Bonchev–Trinajstić information content (AvgIpc) is 3.29. The Balaban J connectivity index is 1.51. The second kappa shape index (κ2) is 8.86. The van der Waals surface area contributed by atoms with Crippen molar-refractivity contribution in [3.05, 3.63) is 58.0 Å². The molecule has 2 heterocycles. The Morgan fingerprint density at radius 1 is 1.27 bits per heavy atom. The van der Waals surface area contributed by atoms with Crippen LogP contribution < -0.4 is 10.1 Å². The highest BCUT2D eigenvalue weighted by Gasteiger charge is 2.12. The third kappa shape index (κ3) is 4.64. The summed E-state index contributed by atoms with van der Waals surface area (Å²) in [5, 5.41) is 14.1. The summed E-state index contributed by atoms with van der Waals surface area (Å²) in [5.41, 5.74) is 0.949. The minimum Gasteiger partial charge on any atom is -0.496 e. The van der Waals surface area contributed by atoms with E-state index in [0.29, 0.717) is 12.3 Å². The van der Waals surface area contributed by atoms with Crippen LogP contribution in [0.4, 0.5) is 0 Å². The normalized spacial score (nSPS) is 10.7. The number of hydrogen-bond acceptors (Lipinski definition) is 6. The van der Waals surface area contributed by atoms with Gasteiger partial charge in [-0.05, 0) is 17.5 Å². The highest BCUT2D eigenvalue weighted by molar-refractivity contribution is 7.99. The number of aromatic nitrogens is 3. The molecule has 26 heavy (non-hydrogen) atoms. The second-order valence-corrected chi connectivity index (χ2v) is 7.57. The number of thioether (sulfide) groups is 1. The first kappa shape index (κ1) is 18.5. The van der Waals surface area contributed by atoms with Crippen molar-refractivity contribution < 1.29 is 9.53 Å². The van der Waals surface area contributed by atoms with E-state index in [1.54, 1.807) is 18.4 Å². The molecule has 0 saturated carbocycles. The lowest BCUT2D eigenvalue weighted by molar-refractivity contribution is -0.118. The number of ether oxygens (including phenoxy) is 1. The van der Waals surface area contributed by atoms with Gasteiger partial charge in [0, 0.05) is 30.5 Å². The lowest BCUT2D eigenvalue weighted by Crippen LogP contribution is -2.25. The van der Waals surface area contributed by atoms with Crippen molar-refractivity contribution in [2.75, 3.05) is 12.9 Å². The van der Waals surface area contributed by atoms with Gasteiger partial charge < -0.3 is 14.6 Å². The van der Waals surface area contributed by atoms with Crippen molar-refractivity contribution in [3.8, 4) is 5.75 Å². The first-order valence-electron chi connectivity index (χ1n) is 8.09. The van der Waals surface area contributed by atoms with Gasteiger partial charge in [0.1, 0.15) is 11.6 Å². The van der Waals surface area contributed by atoms with Crippen molar-refractivity contribution in [2.24, 2.45) is 7.05 Å². The molecular weight excluding hydrogens is 368 g/mol. The number of methoxy groups -OCH3 is 1. The molecule has 0 unspecified atom stereocenters. The number of para-hydroxylation sites is 1. The third-order valence-corrected chi connectivity index (χ3v) is 5.74. The zero-order valence-electron chi connectivity index (χ0n) is 14.6. The summed E-state index contributed by atoms with van der Waals surface area (Å²) in [6.45, 7) is 0.436. The van der Waals surface area contributed by atoms with E-state index in [9.17, 15) is 4.79 Å². The number of carbonyl (C=O) groups excluding carboxylic acids is 1. The van der Waals surface area contributed by atoms with Gasteiger partial charge in [-0.1, -0.05) is 36.0 Å². The van der Waals surface area contributed by atoms with Crippen molar-refractivity contribution in [2.45, 2.75) is 18.1 Å². The van der Waals surface area contributed by atoms with E-state index < -0.39 is 0 Å². The Kier molecular flexibility index (Phi) is 6.30. The SMILES string of the molecule is COc1ccccc1CNC(=O)CSc1nnc(Cc2cccs2)n1C. The minimum absolute atomic E-state index is 0.0521. The summed E-state index contributed by atoms with van der Waals surface area (Å²) in [5.74, 6) is 1.90. The van der Waals surface area contributed by atoms with Gasteiger partial charge >= 0.3 is 0 Å². The highest BCUT2D eigenvalue weighted by atomic mass is 32.2. The summed E-state index contributed by atoms with van der Waals surface area (Å²) in [6, 6.07) is 11.8. The maximum Gasteiger partial charge on any atom is 0.230 e. The van der Waals surface area contributed by atoms with Crippen LogP contribution in [0.25, 0.3) is 0 Å². The molecule has 0 spiro atoms. The van der Waals surface area contributed by atoms with Gasteiger partial charge in [0.15, 0.2) is 5.16 Å². The first-order valence-corrected chi connectivity index (χ1v) is 9.96. The molecule has 136 valence electrons. The maximum atomic E-state index is 12.1. The van der Waals surface area contributed by atoms with Crippen molar-refractivity contribution in [1.82, 2.24) is 20.1 Å². The molecule has 0 aliphatic rings. The van der Waals surface area contributed by atoms with Crippen LogP contribution in [0.1, 0.15) is 16.3 Å². The molecule has 3 aromatic rings. The van der Waals surface area contributed by atoms with Crippen LogP contribution in [-0.4, -0.2) is 33.5 Å². The molecular formula is C18H20N4O2S2. The fourth-order valence-electron chi connectivity index (χ4n) is 2.42. The van der Waals surface area contributed by atoms with Crippen LogP contribution in [0.3, 0.4) is 0 Å². The van der Waals surface area contributed by atoms with E-state index in [0.717, 1.165) is 28.7 Å². The van der Waals surface area contributed by atoms with Crippen LogP contribution in [0, 0.1) is 0 Å². The number of amides is 1. The van der Waals surface area contributed by atoms with Gasteiger partial charge in [0.05, 0.1) is 12.9 Å². The van der Waals surface area contributed by atoms with Crippen molar-refractivity contribution in [1.29, 1.82) is 0 Å². The molecule has 0 aliphatic heterocycles. The average molecular weight is 389 g/mol. The topological polar surface area (TPSA) is 69.0 Å². The zero-order chi connectivity index (χ0) is 18.4. The molecule has 1 aromatic carbocycles. The number of nitrogens with zero attached hydrogens (tertiary/aromatic N) is 3. The Bertz CT molecular complexity index is 862. The smallest absolute Gasteiger partial charge is 0.230 e. The van der Waals surface area contributed by atoms with E-state index in [4.69, 9.17) is 4.74 Å². The Morgan fingerprint density at radius 3 is 2.88 bits per heavy atom. The predicted octanol–water partition coefficient (Wildman–Crippen LogP) is 2.88. The molecule has 1 amide bonds. The molecule has 0 radical (unpaired) electrons. The molecule has 2 aromatic heterocycles. The Hall–Kier alpha value is -2.32. The van der Waals surface area contributed by atoms with E-state index in [-0.39, 0.29) is 5.91 Å². The quantitative estimate of drug-likeness (QED) is 0.601. The molecule has 8 heteroatoms. The van der Waals surface area contributed by atoms with Gasteiger partial charge in [0.2, 0.25) is 5.91 Å². The fraction of sp³-hybridized carbons (Fsp3) is 0.278. The van der Waals surface area contributed by atoms with Crippen LogP contribution in [0.2, 0.25) is 0 Å². The van der Waals surface area contributed by atoms with Crippen LogP contribution in [-0.2, 0) is 24.8 Å². The molecule has 3 rings (SSSR count). The summed E-state index contributed by atoms with van der Waals surface area (Å²) >= 11 is 3.08. The van der Waals surface area contributed by atoms with Gasteiger partial charge in [-0.2, -0.15) is 0 Å². The van der Waals surface area contributed by atoms with Crippen LogP contribution >= 0.6 is 23.1 Å². The van der Waals surface area contributed by atoms with Crippen LogP contribution in [0.5, 0.6) is 5.75 Å². The predicted molar refractivity (Wildman–Crippen MR) is 104 cm³/mol. The Morgan fingerprint density at radius 2 is 2.12 bits per heavy atom. The Labute approximate surface area is 160 Å². The number of thiophene rings is 1. The number of rotatable bonds is 8. The molecule has 0 bridgehead atoms. The van der Waals surface area contributed by atoms with E-state index in [1.807, 2.05) is 47.3 Å². The second-order valence-electron chi connectivity index (χ2n) is 5.59. The fourth-order valence-corrected chi connectivity index (χ4v) is 3.88. The highest BCUT2D eigenvalue weighted by Crippen LogP contribution is 2.19. The molecule has 0 fully saturated rings. The monoisotopic (exact) mass is 388 g/mol. The largest absolute Gasteiger partial charge is 0.496 e. The maximum absolute atomic E-state index is 12.1. The van der Waals surface area contributed by atoms with Gasteiger partial charge in [-0.15, -0.1) is 21.5 Å². The zero-order valence-corrected chi connectivity index (χ0v) is 16.3. The van der Waals surface area contributed by atoms with E-state index in [2.05, 4.69) is 21.6 Å². The minimum atomic E-state index is -0.0521. The molecule has 0 saturated heterocycles. The van der Waals surface area contributed by atoms with E-state index >= 15 is 0 Å². The van der Waals surface area contributed by atoms with Crippen LogP contribution in [0.15, 0.2) is 46.9 Å². The van der Waals surface area contributed by atoms with Gasteiger partial charge in [-0.25, -0.2) is 0 Å². The summed E-state index contributed by atoms with van der Waals surface area (Å²) in [7, 11) is 3.55. The molecule has 0 atom stereocenters. The number of nitrogens with one attached hydrogen (secondary N) is 1. The van der Waals surface area contributed by atoms with Gasteiger partial charge in [-0.3, -0.25) is 4.79 Å². The number of benzene rings is 1. The molecule has 6 nitrogen and oxygen atoms in total. The van der Waals surface area contributed by atoms with Crippen molar-refractivity contribution >= 4 is 29.0 Å². The first-order chi connectivity index (χ1) is 12.7. The summed E-state index contributed by atoms with van der Waals surface area (Å²) in [6.07, 6.45) is 0.752. The lowest BCUT2D eigenvalue weighted by atomic mass is 10.2. The van der Waals surface area contributed by atoms with Crippen molar-refractivity contribution in [3.63, 3.8) is 0 Å². The van der Waals surface area contributed by atoms with E-state index in [1.165, 1.54) is 16.6 Å². The standard InChI is InChI=1S/C18H20N4O2S2/c1-22-16(10-14-7-5-9-25-14)20-21-18(22)26-12-17(23)19-11-13-6-3-4-8-15(13)24-2/h3-9H,10-12H2,1-2H3,(H,19,23). The summed E-state index contributed by atoms with van der Waals surface area (Å²) in [4.78, 5) is 13.4. The number of hydrogen-bond donors (Lipinski definition) is 1. The molecule has 0 aliphatic carbocycles. The third-order valence-electron chi connectivity index (χ3n) is 3.84. The van der Waals surface area contributed by atoms with Gasteiger partial charge in [0.25, 0.3) is 0 Å². The lowest BCUT2D eigenvalue weighted by Gasteiger charge is -2.09. The molecule has 1 N–H and O–H groups in total. The summed E-state index contributed by atoms with van der Waals surface area (Å²) < 4.78 is 7.23. The number of carbonyl (C=O) groups is 1.